The average molecular weight is 446 g/mol. The molecule has 0 radical (unpaired) electrons. The maximum Gasteiger partial charge on any atom is 0.180 e. The summed E-state index contributed by atoms with van der Waals surface area (Å²) in [6.45, 7) is 8.72. The van der Waals surface area contributed by atoms with Gasteiger partial charge in [0, 0.05) is 18.0 Å². The second kappa shape index (κ2) is 9.06. The SMILES string of the molecule is CCOc1cc([C@@H]2[C@H](c3ccccn3)N=C3SC[C@@H](CC)N32)cc(Cl)c1OC(C)C. The number of halogens is 1. The zero-order valence-corrected chi connectivity index (χ0v) is 19.4. The van der Waals surface area contributed by atoms with Crippen molar-refractivity contribution in [3.8, 4) is 11.5 Å². The molecule has 0 aliphatic carbocycles. The second-order valence-electron chi connectivity index (χ2n) is 7.77. The average Bonchev–Trinajstić information content (AvgIpc) is 3.30. The van der Waals surface area contributed by atoms with Crippen LogP contribution < -0.4 is 9.47 Å². The molecule has 1 fully saturated rings. The number of rotatable bonds is 7. The molecule has 3 heterocycles. The first-order valence-corrected chi connectivity index (χ1v) is 11.9. The number of fused-ring (bicyclic) bond motifs is 1. The minimum Gasteiger partial charge on any atom is -0.490 e. The maximum absolute atomic E-state index is 6.72. The Bertz CT molecular complexity index is 922. The van der Waals surface area contributed by atoms with E-state index in [1.807, 2.05) is 56.9 Å². The van der Waals surface area contributed by atoms with Gasteiger partial charge in [-0.25, -0.2) is 0 Å². The van der Waals surface area contributed by atoms with Gasteiger partial charge in [0.15, 0.2) is 16.7 Å². The monoisotopic (exact) mass is 445 g/mol. The van der Waals surface area contributed by atoms with Crippen molar-refractivity contribution >= 4 is 28.5 Å². The number of aromatic nitrogens is 1. The lowest BCUT2D eigenvalue weighted by molar-refractivity contribution is 0.222. The fourth-order valence-electron chi connectivity index (χ4n) is 4.08. The highest BCUT2D eigenvalue weighted by atomic mass is 35.5. The fourth-order valence-corrected chi connectivity index (χ4v) is 5.68. The molecule has 2 aliphatic heterocycles. The summed E-state index contributed by atoms with van der Waals surface area (Å²) in [7, 11) is 0. The van der Waals surface area contributed by atoms with Crippen LogP contribution in [0.5, 0.6) is 11.5 Å². The van der Waals surface area contributed by atoms with Crippen LogP contribution in [0.1, 0.15) is 57.5 Å². The van der Waals surface area contributed by atoms with Crippen LogP contribution in [0.25, 0.3) is 0 Å². The smallest absolute Gasteiger partial charge is 0.180 e. The van der Waals surface area contributed by atoms with Crippen molar-refractivity contribution in [2.75, 3.05) is 12.4 Å². The second-order valence-corrected chi connectivity index (χ2v) is 9.16. The molecule has 0 amide bonds. The predicted octanol–water partition coefficient (Wildman–Crippen LogP) is 5.90. The highest BCUT2D eigenvalue weighted by molar-refractivity contribution is 8.14. The van der Waals surface area contributed by atoms with Gasteiger partial charge >= 0.3 is 0 Å². The molecule has 0 spiro atoms. The molecule has 2 aromatic rings. The highest BCUT2D eigenvalue weighted by Crippen LogP contribution is 2.50. The van der Waals surface area contributed by atoms with Crippen LogP contribution in [0.2, 0.25) is 5.02 Å². The Balaban J connectivity index is 1.81. The molecule has 0 saturated carbocycles. The molecular weight excluding hydrogens is 418 g/mol. The van der Waals surface area contributed by atoms with E-state index in [-0.39, 0.29) is 18.2 Å². The molecule has 1 saturated heterocycles. The Kier molecular flexibility index (Phi) is 6.44. The molecule has 3 atom stereocenters. The van der Waals surface area contributed by atoms with E-state index in [0.29, 0.717) is 29.2 Å². The number of benzene rings is 1. The van der Waals surface area contributed by atoms with E-state index in [2.05, 4.69) is 28.9 Å². The fraction of sp³-hybridized carbons (Fsp3) is 0.478. The van der Waals surface area contributed by atoms with E-state index in [0.717, 1.165) is 28.6 Å². The number of thioether (sulfide) groups is 1. The summed E-state index contributed by atoms with van der Waals surface area (Å²) >= 11 is 8.55. The minimum atomic E-state index is -0.0783. The number of aliphatic imine (C=N–C) groups is 1. The van der Waals surface area contributed by atoms with Crippen molar-refractivity contribution in [3.05, 3.63) is 52.8 Å². The highest BCUT2D eigenvalue weighted by Gasteiger charge is 2.45. The minimum absolute atomic E-state index is 0.00898. The number of hydrogen-bond acceptors (Lipinski definition) is 6. The van der Waals surface area contributed by atoms with Gasteiger partial charge in [-0.3, -0.25) is 9.98 Å². The van der Waals surface area contributed by atoms with Crippen LogP contribution in [-0.4, -0.2) is 39.6 Å². The van der Waals surface area contributed by atoms with Gasteiger partial charge in [-0.15, -0.1) is 0 Å². The first kappa shape index (κ1) is 21.3. The van der Waals surface area contributed by atoms with E-state index in [9.17, 15) is 0 Å². The molecule has 2 aliphatic rings. The molecule has 0 unspecified atom stereocenters. The maximum atomic E-state index is 6.72. The zero-order valence-electron chi connectivity index (χ0n) is 17.8. The van der Waals surface area contributed by atoms with Gasteiger partial charge in [-0.2, -0.15) is 0 Å². The lowest BCUT2D eigenvalue weighted by Gasteiger charge is -2.32. The molecule has 0 bridgehead atoms. The summed E-state index contributed by atoms with van der Waals surface area (Å²) in [6.07, 6.45) is 2.91. The van der Waals surface area contributed by atoms with E-state index >= 15 is 0 Å². The summed E-state index contributed by atoms with van der Waals surface area (Å²) in [5.74, 6) is 2.34. The molecule has 5 nitrogen and oxygen atoms in total. The van der Waals surface area contributed by atoms with Crippen molar-refractivity contribution in [2.45, 2.75) is 58.3 Å². The van der Waals surface area contributed by atoms with Gasteiger partial charge in [0.05, 0.1) is 29.5 Å². The summed E-state index contributed by atoms with van der Waals surface area (Å²) in [5.41, 5.74) is 2.05. The van der Waals surface area contributed by atoms with Crippen molar-refractivity contribution in [1.29, 1.82) is 0 Å². The van der Waals surface area contributed by atoms with Crippen LogP contribution in [-0.2, 0) is 0 Å². The number of amidine groups is 1. The van der Waals surface area contributed by atoms with Gasteiger partial charge in [0.1, 0.15) is 6.04 Å². The van der Waals surface area contributed by atoms with Crippen LogP contribution in [0.4, 0.5) is 0 Å². The Morgan fingerprint density at radius 1 is 1.27 bits per heavy atom. The van der Waals surface area contributed by atoms with Gasteiger partial charge in [0.2, 0.25) is 0 Å². The predicted molar refractivity (Wildman–Crippen MR) is 124 cm³/mol. The summed E-state index contributed by atoms with van der Waals surface area (Å²) in [4.78, 5) is 12.2. The zero-order chi connectivity index (χ0) is 21.3. The molecule has 4 rings (SSSR count). The largest absolute Gasteiger partial charge is 0.490 e. The third-order valence-electron chi connectivity index (χ3n) is 5.36. The normalized spacial score (nSPS) is 22.9. The lowest BCUT2D eigenvalue weighted by Crippen LogP contribution is -2.35. The van der Waals surface area contributed by atoms with Gasteiger partial charge in [-0.1, -0.05) is 36.4 Å². The number of pyridine rings is 1. The van der Waals surface area contributed by atoms with Gasteiger partial charge in [-0.05, 0) is 57.0 Å². The van der Waals surface area contributed by atoms with Crippen LogP contribution in [0.3, 0.4) is 0 Å². The van der Waals surface area contributed by atoms with Crippen LogP contribution >= 0.6 is 23.4 Å². The number of ether oxygens (including phenoxy) is 2. The first-order chi connectivity index (χ1) is 14.5. The summed E-state index contributed by atoms with van der Waals surface area (Å²) < 4.78 is 11.9. The third kappa shape index (κ3) is 4.00. The molecule has 7 heteroatoms. The van der Waals surface area contributed by atoms with Gasteiger partial charge < -0.3 is 14.4 Å². The van der Waals surface area contributed by atoms with E-state index in [4.69, 9.17) is 26.1 Å². The van der Waals surface area contributed by atoms with Crippen molar-refractivity contribution in [1.82, 2.24) is 9.88 Å². The van der Waals surface area contributed by atoms with Crippen molar-refractivity contribution < 1.29 is 9.47 Å². The molecule has 30 heavy (non-hydrogen) atoms. The topological polar surface area (TPSA) is 47.0 Å². The van der Waals surface area contributed by atoms with Crippen molar-refractivity contribution in [2.24, 2.45) is 4.99 Å². The standard InChI is InChI=1S/C23H28ClN3O2S/c1-5-16-13-30-23-26-20(18-9-7-8-10-25-18)21(27(16)23)15-11-17(24)22(29-14(3)4)19(12-15)28-6-2/h7-12,14,16,20-21H,5-6,13H2,1-4H3/t16-,20+,21-/m1/s1. The van der Waals surface area contributed by atoms with E-state index < -0.39 is 0 Å². The van der Waals surface area contributed by atoms with E-state index in [1.165, 1.54) is 0 Å². The summed E-state index contributed by atoms with van der Waals surface area (Å²) in [5, 5.41) is 1.66. The number of hydrogen-bond donors (Lipinski definition) is 0. The Morgan fingerprint density at radius 2 is 2.10 bits per heavy atom. The summed E-state index contributed by atoms with van der Waals surface area (Å²) in [6, 6.07) is 10.5. The Morgan fingerprint density at radius 3 is 2.77 bits per heavy atom. The quantitative estimate of drug-likeness (QED) is 0.530. The molecule has 0 N–H and O–H groups in total. The first-order valence-electron chi connectivity index (χ1n) is 10.6. The van der Waals surface area contributed by atoms with E-state index in [1.54, 1.807) is 0 Å². The third-order valence-corrected chi connectivity index (χ3v) is 6.76. The number of nitrogens with zero attached hydrogens (tertiary/aromatic N) is 3. The molecule has 1 aromatic carbocycles. The Hall–Kier alpha value is -1.92. The van der Waals surface area contributed by atoms with Crippen LogP contribution in [0, 0.1) is 0 Å². The lowest BCUT2D eigenvalue weighted by atomic mass is 9.95. The van der Waals surface area contributed by atoms with Crippen LogP contribution in [0.15, 0.2) is 41.5 Å². The Labute approximate surface area is 187 Å². The van der Waals surface area contributed by atoms with Crippen molar-refractivity contribution in [3.63, 3.8) is 0 Å². The molecule has 160 valence electrons. The van der Waals surface area contributed by atoms with Gasteiger partial charge in [0.25, 0.3) is 0 Å². The molecular formula is C23H28ClN3O2S. The molecule has 1 aromatic heterocycles.